The summed E-state index contributed by atoms with van der Waals surface area (Å²) in [6, 6.07) is 7.62. The molecule has 0 radical (unpaired) electrons. The number of benzene rings is 1. The molecule has 2 aromatic rings. The maximum Gasteiger partial charge on any atom is 0.256 e. The van der Waals surface area contributed by atoms with E-state index in [1.54, 1.807) is 0 Å². The molecule has 6 nitrogen and oxygen atoms in total. The van der Waals surface area contributed by atoms with Gasteiger partial charge in [-0.1, -0.05) is 18.2 Å². The standard InChI is InChI=1S/C16H23N3O3S/c1-13-14-5-2-3-6-15(14)18-16(13)23(20,21)17-7-4-8-19-9-11-22-12-10-19/h2-3,5-6,17-18H,4,7-12H2,1H3. The number of aromatic amines is 1. The molecule has 1 aliphatic heterocycles. The quantitative estimate of drug-likeness (QED) is 0.783. The number of aryl methyl sites for hydroxylation is 1. The first kappa shape index (κ1) is 16.4. The summed E-state index contributed by atoms with van der Waals surface area (Å²) in [6.07, 6.45) is 0.790. The number of nitrogens with one attached hydrogen (secondary N) is 2. The van der Waals surface area contributed by atoms with Crippen LogP contribution in [0.2, 0.25) is 0 Å². The number of para-hydroxylation sites is 1. The van der Waals surface area contributed by atoms with Crippen molar-refractivity contribution in [2.45, 2.75) is 18.4 Å². The number of morpholine rings is 1. The first-order chi connectivity index (χ1) is 11.1. The van der Waals surface area contributed by atoms with Gasteiger partial charge in [-0.3, -0.25) is 4.90 Å². The molecule has 1 aromatic carbocycles. The van der Waals surface area contributed by atoms with Crippen molar-refractivity contribution >= 4 is 20.9 Å². The molecular weight excluding hydrogens is 314 g/mol. The lowest BCUT2D eigenvalue weighted by atomic mass is 10.2. The van der Waals surface area contributed by atoms with E-state index < -0.39 is 10.0 Å². The third kappa shape index (κ3) is 3.74. The zero-order valence-corrected chi connectivity index (χ0v) is 14.2. The molecule has 23 heavy (non-hydrogen) atoms. The van der Waals surface area contributed by atoms with Gasteiger partial charge in [0.15, 0.2) is 5.03 Å². The molecule has 0 unspecified atom stereocenters. The number of H-pyrrole nitrogens is 1. The second-order valence-electron chi connectivity index (χ2n) is 5.83. The van der Waals surface area contributed by atoms with Gasteiger partial charge in [-0.2, -0.15) is 0 Å². The molecule has 126 valence electrons. The van der Waals surface area contributed by atoms with Gasteiger partial charge >= 0.3 is 0 Å². The first-order valence-corrected chi connectivity index (χ1v) is 9.43. The van der Waals surface area contributed by atoms with E-state index in [9.17, 15) is 8.42 Å². The molecule has 2 heterocycles. The highest BCUT2D eigenvalue weighted by atomic mass is 32.2. The van der Waals surface area contributed by atoms with Crippen LogP contribution in [0.3, 0.4) is 0 Å². The molecule has 1 fully saturated rings. The molecule has 2 N–H and O–H groups in total. The van der Waals surface area contributed by atoms with Crippen molar-refractivity contribution in [1.82, 2.24) is 14.6 Å². The van der Waals surface area contributed by atoms with Crippen molar-refractivity contribution in [2.24, 2.45) is 0 Å². The topological polar surface area (TPSA) is 74.4 Å². The monoisotopic (exact) mass is 337 g/mol. The Kier molecular flexibility index (Phi) is 5.01. The number of sulfonamides is 1. The molecule has 0 saturated carbocycles. The summed E-state index contributed by atoms with van der Waals surface area (Å²) in [6.45, 7) is 6.54. The SMILES string of the molecule is Cc1c(S(=O)(=O)NCCCN2CCOCC2)[nH]c2ccccc12. The molecule has 1 saturated heterocycles. The van der Waals surface area contributed by atoms with E-state index in [4.69, 9.17) is 4.74 Å². The van der Waals surface area contributed by atoms with E-state index in [0.29, 0.717) is 6.54 Å². The zero-order valence-electron chi connectivity index (χ0n) is 13.3. The number of rotatable bonds is 6. The van der Waals surface area contributed by atoms with Crippen LogP contribution in [0, 0.1) is 6.92 Å². The summed E-state index contributed by atoms with van der Waals surface area (Å²) in [5.41, 5.74) is 1.61. The van der Waals surface area contributed by atoms with E-state index in [2.05, 4.69) is 14.6 Å². The van der Waals surface area contributed by atoms with Gasteiger partial charge in [0.25, 0.3) is 10.0 Å². The van der Waals surface area contributed by atoms with Crippen molar-refractivity contribution in [2.75, 3.05) is 39.4 Å². The Morgan fingerprint density at radius 2 is 2.00 bits per heavy atom. The summed E-state index contributed by atoms with van der Waals surface area (Å²) < 4.78 is 33.0. The molecule has 0 aliphatic carbocycles. The highest BCUT2D eigenvalue weighted by Gasteiger charge is 2.20. The van der Waals surface area contributed by atoms with E-state index in [1.165, 1.54) is 0 Å². The third-order valence-corrected chi connectivity index (χ3v) is 5.77. The Balaban J connectivity index is 1.60. The van der Waals surface area contributed by atoms with Crippen molar-refractivity contribution in [3.8, 4) is 0 Å². The Morgan fingerprint density at radius 1 is 1.26 bits per heavy atom. The van der Waals surface area contributed by atoms with Gasteiger partial charge < -0.3 is 9.72 Å². The second-order valence-corrected chi connectivity index (χ2v) is 7.53. The maximum absolute atomic E-state index is 12.5. The van der Waals surface area contributed by atoms with Crippen LogP contribution in [0.15, 0.2) is 29.3 Å². The van der Waals surface area contributed by atoms with E-state index in [-0.39, 0.29) is 5.03 Å². The van der Waals surface area contributed by atoms with Gasteiger partial charge in [-0.05, 0) is 31.5 Å². The van der Waals surface area contributed by atoms with Crippen molar-refractivity contribution in [3.05, 3.63) is 29.8 Å². The van der Waals surface area contributed by atoms with Crippen LogP contribution in [0.4, 0.5) is 0 Å². The van der Waals surface area contributed by atoms with Crippen LogP contribution in [-0.4, -0.2) is 57.7 Å². The number of hydrogen-bond donors (Lipinski definition) is 2. The molecule has 1 aliphatic rings. The fourth-order valence-electron chi connectivity index (χ4n) is 2.93. The normalized spacial score (nSPS) is 16.9. The minimum atomic E-state index is -3.50. The van der Waals surface area contributed by atoms with Gasteiger partial charge in [0.1, 0.15) is 0 Å². The number of ether oxygens (including phenoxy) is 1. The van der Waals surface area contributed by atoms with Crippen LogP contribution in [-0.2, 0) is 14.8 Å². The second kappa shape index (κ2) is 7.00. The summed E-state index contributed by atoms with van der Waals surface area (Å²) in [7, 11) is -3.50. The van der Waals surface area contributed by atoms with E-state index >= 15 is 0 Å². The van der Waals surface area contributed by atoms with Crippen LogP contribution in [0.5, 0.6) is 0 Å². The summed E-state index contributed by atoms with van der Waals surface area (Å²) >= 11 is 0. The molecule has 0 atom stereocenters. The lowest BCUT2D eigenvalue weighted by Crippen LogP contribution is -2.38. The predicted octanol–water partition coefficient (Wildman–Crippen LogP) is 1.48. The summed E-state index contributed by atoms with van der Waals surface area (Å²) in [4.78, 5) is 5.31. The third-order valence-electron chi connectivity index (χ3n) is 4.24. The van der Waals surface area contributed by atoms with E-state index in [1.807, 2.05) is 31.2 Å². The molecule has 0 spiro atoms. The molecular formula is C16H23N3O3S. The highest BCUT2D eigenvalue weighted by molar-refractivity contribution is 7.89. The van der Waals surface area contributed by atoms with Crippen molar-refractivity contribution < 1.29 is 13.2 Å². The number of hydrogen-bond acceptors (Lipinski definition) is 4. The predicted molar refractivity (Wildman–Crippen MR) is 90.1 cm³/mol. The van der Waals surface area contributed by atoms with Gasteiger partial charge in [0.05, 0.1) is 13.2 Å². The minimum absolute atomic E-state index is 0.269. The molecule has 7 heteroatoms. The van der Waals surface area contributed by atoms with Crippen molar-refractivity contribution in [1.29, 1.82) is 0 Å². The Labute approximate surface area is 136 Å². The van der Waals surface area contributed by atoms with Crippen LogP contribution in [0.25, 0.3) is 10.9 Å². The molecule has 0 bridgehead atoms. The van der Waals surface area contributed by atoms with Gasteiger partial charge in [0, 0.05) is 30.5 Å². The lowest BCUT2D eigenvalue weighted by molar-refractivity contribution is 0.0376. The smallest absolute Gasteiger partial charge is 0.256 e. The van der Waals surface area contributed by atoms with Crippen LogP contribution < -0.4 is 4.72 Å². The average molecular weight is 337 g/mol. The maximum atomic E-state index is 12.5. The Morgan fingerprint density at radius 3 is 2.74 bits per heavy atom. The largest absolute Gasteiger partial charge is 0.379 e. The Hall–Kier alpha value is -1.41. The van der Waals surface area contributed by atoms with Gasteiger partial charge in [0.2, 0.25) is 0 Å². The zero-order chi connectivity index (χ0) is 16.3. The van der Waals surface area contributed by atoms with Crippen LogP contribution in [0.1, 0.15) is 12.0 Å². The highest BCUT2D eigenvalue weighted by Crippen LogP contribution is 2.24. The van der Waals surface area contributed by atoms with Gasteiger partial charge in [-0.15, -0.1) is 0 Å². The van der Waals surface area contributed by atoms with Crippen molar-refractivity contribution in [3.63, 3.8) is 0 Å². The average Bonchev–Trinajstić information content (AvgIpc) is 2.91. The summed E-state index contributed by atoms with van der Waals surface area (Å²) in [5.74, 6) is 0. The van der Waals surface area contributed by atoms with Gasteiger partial charge in [-0.25, -0.2) is 13.1 Å². The molecule has 1 aromatic heterocycles. The Bertz CT molecular complexity index is 764. The number of fused-ring (bicyclic) bond motifs is 1. The minimum Gasteiger partial charge on any atom is -0.379 e. The number of aromatic nitrogens is 1. The number of nitrogens with zero attached hydrogens (tertiary/aromatic N) is 1. The van der Waals surface area contributed by atoms with Crippen LogP contribution >= 0.6 is 0 Å². The summed E-state index contributed by atoms with van der Waals surface area (Å²) in [5, 5.41) is 1.21. The lowest BCUT2D eigenvalue weighted by Gasteiger charge is -2.26. The first-order valence-electron chi connectivity index (χ1n) is 7.95. The fourth-order valence-corrected chi connectivity index (χ4v) is 4.25. The molecule has 3 rings (SSSR count). The molecule has 0 amide bonds. The van der Waals surface area contributed by atoms with E-state index in [0.717, 1.165) is 55.7 Å². The fraction of sp³-hybridized carbons (Fsp3) is 0.500.